The van der Waals surface area contributed by atoms with Crippen molar-refractivity contribution in [2.45, 2.75) is 51.9 Å². The molecule has 4 nitrogen and oxygen atoms in total. The number of pyridine rings is 1. The molecular formula is C13H20BClN2O2. The SMILES string of the molecule is CC(N)c1ncc(Cl)cc1B1OC(C)(C)C(C)(C)O1. The van der Waals surface area contributed by atoms with Crippen LogP contribution in [0.1, 0.15) is 46.4 Å². The van der Waals surface area contributed by atoms with Crippen LogP contribution < -0.4 is 11.2 Å². The van der Waals surface area contributed by atoms with Crippen molar-refractivity contribution < 1.29 is 9.31 Å². The van der Waals surface area contributed by atoms with E-state index >= 15 is 0 Å². The van der Waals surface area contributed by atoms with Gasteiger partial charge in [0.1, 0.15) is 0 Å². The number of nitrogens with zero attached hydrogens (tertiary/aromatic N) is 1. The second kappa shape index (κ2) is 4.74. The fourth-order valence-corrected chi connectivity index (χ4v) is 2.17. The zero-order chi connectivity index (χ0) is 14.4. The van der Waals surface area contributed by atoms with Gasteiger partial charge in [0.2, 0.25) is 0 Å². The third-order valence-electron chi connectivity index (χ3n) is 3.85. The second-order valence-electron chi connectivity index (χ2n) is 6.00. The van der Waals surface area contributed by atoms with E-state index in [2.05, 4.69) is 4.98 Å². The van der Waals surface area contributed by atoms with Crippen LogP contribution in [0.2, 0.25) is 5.02 Å². The number of hydrogen-bond acceptors (Lipinski definition) is 4. The molecule has 0 bridgehead atoms. The Kier molecular flexibility index (Phi) is 3.69. The van der Waals surface area contributed by atoms with Crippen molar-refractivity contribution in [3.63, 3.8) is 0 Å². The van der Waals surface area contributed by atoms with Crippen molar-refractivity contribution in [3.05, 3.63) is 23.0 Å². The molecule has 0 saturated carbocycles. The van der Waals surface area contributed by atoms with E-state index in [4.69, 9.17) is 26.6 Å². The summed E-state index contributed by atoms with van der Waals surface area (Å²) in [6.07, 6.45) is 1.59. The van der Waals surface area contributed by atoms with E-state index < -0.39 is 18.3 Å². The van der Waals surface area contributed by atoms with Crippen molar-refractivity contribution in [3.8, 4) is 0 Å². The first-order valence-corrected chi connectivity index (χ1v) is 6.78. The first-order chi connectivity index (χ1) is 8.64. The molecule has 104 valence electrons. The largest absolute Gasteiger partial charge is 0.496 e. The van der Waals surface area contributed by atoms with Crippen LogP contribution in [-0.2, 0) is 9.31 Å². The summed E-state index contributed by atoms with van der Waals surface area (Å²) in [4.78, 5) is 4.30. The summed E-state index contributed by atoms with van der Waals surface area (Å²) >= 11 is 6.03. The quantitative estimate of drug-likeness (QED) is 0.844. The van der Waals surface area contributed by atoms with Gasteiger partial charge in [-0.2, -0.15) is 0 Å². The predicted octanol–water partition coefficient (Wildman–Crippen LogP) is 2.05. The van der Waals surface area contributed by atoms with Crippen LogP contribution in [0.25, 0.3) is 0 Å². The Labute approximate surface area is 119 Å². The third-order valence-corrected chi connectivity index (χ3v) is 4.06. The molecule has 0 amide bonds. The molecule has 0 radical (unpaired) electrons. The monoisotopic (exact) mass is 282 g/mol. The van der Waals surface area contributed by atoms with Gasteiger partial charge in [-0.05, 0) is 40.7 Å². The standard InChI is InChI=1S/C13H20BClN2O2/c1-8(16)11-10(6-9(15)7-17-11)14-18-12(2,3)13(4,5)19-14/h6-8H,16H2,1-5H3. The molecule has 1 aliphatic rings. The van der Waals surface area contributed by atoms with Gasteiger partial charge in [0.05, 0.1) is 21.9 Å². The third kappa shape index (κ3) is 2.65. The van der Waals surface area contributed by atoms with Gasteiger partial charge >= 0.3 is 7.12 Å². The highest BCUT2D eigenvalue weighted by Gasteiger charge is 2.52. The van der Waals surface area contributed by atoms with Crippen LogP contribution in [0.15, 0.2) is 12.3 Å². The Hall–Kier alpha value is -0.615. The Bertz CT molecular complexity index is 476. The molecule has 1 aliphatic heterocycles. The van der Waals surface area contributed by atoms with Crippen molar-refractivity contribution in [2.24, 2.45) is 5.73 Å². The molecule has 19 heavy (non-hydrogen) atoms. The van der Waals surface area contributed by atoms with E-state index in [1.807, 2.05) is 40.7 Å². The maximum atomic E-state index is 6.03. The molecule has 0 aromatic carbocycles. The normalized spacial score (nSPS) is 22.6. The number of aromatic nitrogens is 1. The highest BCUT2D eigenvalue weighted by atomic mass is 35.5. The Morgan fingerprint density at radius 2 is 1.79 bits per heavy atom. The highest BCUT2D eigenvalue weighted by Crippen LogP contribution is 2.36. The predicted molar refractivity (Wildman–Crippen MR) is 77.6 cm³/mol. The van der Waals surface area contributed by atoms with Crippen molar-refractivity contribution in [1.29, 1.82) is 0 Å². The van der Waals surface area contributed by atoms with E-state index in [0.29, 0.717) is 5.02 Å². The topological polar surface area (TPSA) is 57.4 Å². The molecule has 1 fully saturated rings. The molecule has 2 rings (SSSR count). The highest BCUT2D eigenvalue weighted by molar-refractivity contribution is 6.62. The lowest BCUT2D eigenvalue weighted by Crippen LogP contribution is -2.41. The summed E-state index contributed by atoms with van der Waals surface area (Å²) in [5, 5.41) is 0.550. The van der Waals surface area contributed by atoms with Crippen molar-refractivity contribution in [2.75, 3.05) is 0 Å². The molecule has 0 spiro atoms. The molecule has 1 aromatic heterocycles. The zero-order valence-electron chi connectivity index (χ0n) is 12.0. The number of rotatable bonds is 2. The first-order valence-electron chi connectivity index (χ1n) is 6.40. The molecule has 1 unspecified atom stereocenters. The van der Waals surface area contributed by atoms with Gasteiger partial charge in [-0.1, -0.05) is 11.6 Å². The average molecular weight is 283 g/mol. The van der Waals surface area contributed by atoms with Crippen LogP contribution in [0.5, 0.6) is 0 Å². The van der Waals surface area contributed by atoms with Gasteiger partial charge in [-0.3, -0.25) is 4.98 Å². The maximum absolute atomic E-state index is 6.03. The Morgan fingerprint density at radius 1 is 1.26 bits per heavy atom. The second-order valence-corrected chi connectivity index (χ2v) is 6.44. The fourth-order valence-electron chi connectivity index (χ4n) is 2.00. The molecule has 1 atom stereocenters. The van der Waals surface area contributed by atoms with Gasteiger partial charge in [-0.25, -0.2) is 0 Å². The van der Waals surface area contributed by atoms with E-state index in [9.17, 15) is 0 Å². The summed E-state index contributed by atoms with van der Waals surface area (Å²) in [7, 11) is -0.489. The lowest BCUT2D eigenvalue weighted by molar-refractivity contribution is 0.00578. The molecule has 1 saturated heterocycles. The van der Waals surface area contributed by atoms with Crippen LogP contribution >= 0.6 is 11.6 Å². The van der Waals surface area contributed by atoms with Crippen LogP contribution in [0, 0.1) is 0 Å². The smallest absolute Gasteiger partial charge is 0.399 e. The summed E-state index contributed by atoms with van der Waals surface area (Å²) in [6, 6.07) is 1.61. The molecule has 6 heteroatoms. The minimum absolute atomic E-state index is 0.203. The number of hydrogen-bond donors (Lipinski definition) is 1. The van der Waals surface area contributed by atoms with Gasteiger partial charge in [0.25, 0.3) is 0 Å². The maximum Gasteiger partial charge on any atom is 0.496 e. The minimum Gasteiger partial charge on any atom is -0.399 e. The Balaban J connectivity index is 2.41. The molecule has 0 aliphatic carbocycles. The van der Waals surface area contributed by atoms with Crippen LogP contribution in [-0.4, -0.2) is 23.3 Å². The van der Waals surface area contributed by atoms with Gasteiger partial charge in [-0.15, -0.1) is 0 Å². The fraction of sp³-hybridized carbons (Fsp3) is 0.615. The lowest BCUT2D eigenvalue weighted by Gasteiger charge is -2.32. The summed E-state index contributed by atoms with van der Waals surface area (Å²) in [5.74, 6) is 0. The Morgan fingerprint density at radius 3 is 2.26 bits per heavy atom. The average Bonchev–Trinajstić information content (AvgIpc) is 2.47. The van der Waals surface area contributed by atoms with Gasteiger partial charge < -0.3 is 15.0 Å². The molecule has 1 aromatic rings. The molecular weight excluding hydrogens is 262 g/mol. The van der Waals surface area contributed by atoms with Crippen LogP contribution in [0.3, 0.4) is 0 Å². The van der Waals surface area contributed by atoms with E-state index in [-0.39, 0.29) is 6.04 Å². The summed E-state index contributed by atoms with van der Waals surface area (Å²) in [6.45, 7) is 9.92. The van der Waals surface area contributed by atoms with Gasteiger partial charge in [0, 0.05) is 17.7 Å². The van der Waals surface area contributed by atoms with Gasteiger partial charge in [0.15, 0.2) is 0 Å². The minimum atomic E-state index is -0.489. The summed E-state index contributed by atoms with van der Waals surface area (Å²) in [5.41, 5.74) is 6.72. The molecule has 2 N–H and O–H groups in total. The lowest BCUT2D eigenvalue weighted by atomic mass is 9.76. The number of halogens is 1. The summed E-state index contributed by atoms with van der Waals surface area (Å²) < 4.78 is 12.0. The van der Waals surface area contributed by atoms with E-state index in [1.165, 1.54) is 0 Å². The zero-order valence-corrected chi connectivity index (χ0v) is 12.8. The van der Waals surface area contributed by atoms with E-state index in [0.717, 1.165) is 11.2 Å². The van der Waals surface area contributed by atoms with Crippen LogP contribution in [0.4, 0.5) is 0 Å². The first kappa shape index (κ1) is 14.8. The van der Waals surface area contributed by atoms with Crippen molar-refractivity contribution in [1.82, 2.24) is 4.98 Å². The number of nitrogens with two attached hydrogens (primary N) is 1. The molecule has 2 heterocycles. The van der Waals surface area contributed by atoms with E-state index in [1.54, 1.807) is 6.20 Å². The van der Waals surface area contributed by atoms with Crippen molar-refractivity contribution >= 4 is 24.2 Å².